The van der Waals surface area contributed by atoms with E-state index in [0.29, 0.717) is 28.2 Å². The molecule has 0 heterocycles. The summed E-state index contributed by atoms with van der Waals surface area (Å²) in [4.78, 5) is 24.2. The fourth-order valence-electron chi connectivity index (χ4n) is 6.71. The van der Waals surface area contributed by atoms with Gasteiger partial charge in [-0.15, -0.1) is 0 Å². The summed E-state index contributed by atoms with van der Waals surface area (Å²) in [6.07, 6.45) is 9.84. The molecule has 4 nitrogen and oxygen atoms in total. The third kappa shape index (κ3) is 2.83. The van der Waals surface area contributed by atoms with Gasteiger partial charge in [0.2, 0.25) is 0 Å². The van der Waals surface area contributed by atoms with Crippen LogP contribution in [-0.2, 0) is 14.3 Å². The van der Waals surface area contributed by atoms with E-state index in [4.69, 9.17) is 9.47 Å². The van der Waals surface area contributed by atoms with Crippen LogP contribution in [0.5, 0.6) is 0 Å². The van der Waals surface area contributed by atoms with Gasteiger partial charge in [0.15, 0.2) is 0 Å². The quantitative estimate of drug-likeness (QED) is 0.233. The molecule has 3 saturated carbocycles. The largest absolute Gasteiger partial charge is 0.509 e. The number of allylic oxidation sites excluding steroid dienone is 1. The number of carbonyl (C=O) groups is 2. The minimum absolute atomic E-state index is 0.0526. The lowest BCUT2D eigenvalue weighted by Crippen LogP contribution is -2.50. The summed E-state index contributed by atoms with van der Waals surface area (Å²) in [5.41, 5.74) is 1.63. The van der Waals surface area contributed by atoms with Crippen molar-refractivity contribution in [1.82, 2.24) is 0 Å². The second-order valence-corrected chi connectivity index (χ2v) is 9.79. The molecule has 3 fully saturated rings. The Balaban J connectivity index is 1.52. The first-order chi connectivity index (χ1) is 12.4. The van der Waals surface area contributed by atoms with Gasteiger partial charge in [0, 0.05) is 18.3 Å². The normalized spacial score (nSPS) is 44.4. The van der Waals surface area contributed by atoms with Crippen molar-refractivity contribution in [2.45, 2.75) is 71.3 Å². The van der Waals surface area contributed by atoms with Crippen LogP contribution >= 0.6 is 22.6 Å². The number of ether oxygens (including phenoxy) is 2. The number of hydrogen-bond donors (Lipinski definition) is 0. The average molecular weight is 472 g/mol. The van der Waals surface area contributed by atoms with E-state index in [0.717, 1.165) is 44.9 Å². The van der Waals surface area contributed by atoms with Crippen LogP contribution in [0.3, 0.4) is 0 Å². The molecule has 4 rings (SSSR count). The van der Waals surface area contributed by atoms with Crippen LogP contribution in [0, 0.1) is 28.6 Å². The first kappa shape index (κ1) is 18.8. The van der Waals surface area contributed by atoms with Gasteiger partial charge in [-0.05, 0) is 84.3 Å². The fraction of sp³-hybridized carbons (Fsp3) is 0.810. The summed E-state index contributed by atoms with van der Waals surface area (Å²) in [6, 6.07) is 0. The summed E-state index contributed by atoms with van der Waals surface area (Å²) in [5.74, 6) is 2.40. The molecule has 0 aliphatic heterocycles. The Morgan fingerprint density at radius 3 is 2.69 bits per heavy atom. The number of fused-ring (bicyclic) bond motifs is 5. The number of carbonyl (C=O) groups excluding carboxylic acids is 2. The molecule has 0 aromatic carbocycles. The predicted octanol–water partition coefficient (Wildman–Crippen LogP) is 5.43. The van der Waals surface area contributed by atoms with Gasteiger partial charge in [0.25, 0.3) is 0 Å². The smallest absolute Gasteiger partial charge is 0.431 e. The van der Waals surface area contributed by atoms with Crippen LogP contribution < -0.4 is 0 Å². The van der Waals surface area contributed by atoms with E-state index in [1.54, 1.807) is 0 Å². The van der Waals surface area contributed by atoms with Crippen LogP contribution in [-0.4, -0.2) is 22.7 Å². The number of Topliss-reactive ketones (excluding diaryl/α,β-unsaturated/α-hetero) is 1. The average Bonchev–Trinajstić information content (AvgIpc) is 2.91. The maximum Gasteiger partial charge on any atom is 0.509 e. The molecule has 144 valence electrons. The third-order valence-corrected chi connectivity index (χ3v) is 8.51. The molecule has 0 radical (unpaired) electrons. The molecular weight excluding hydrogens is 443 g/mol. The molecule has 4 aliphatic carbocycles. The Hall–Kier alpha value is -0.590. The standard InChI is InChI=1S/C21H29IO4/c1-20-9-7-14(26-19(24)25-12-22)11-13(20)3-4-15-16-5-6-18(23)21(16,2)10-8-17(15)20/h3,14-17H,4-12H2,1-2H3/t14-,15-,16-,17-,20-,21-/m0/s1. The Morgan fingerprint density at radius 1 is 1.19 bits per heavy atom. The first-order valence-corrected chi connectivity index (χ1v) is 11.5. The maximum absolute atomic E-state index is 12.5. The molecule has 0 N–H and O–H groups in total. The van der Waals surface area contributed by atoms with Gasteiger partial charge in [0.05, 0.1) is 0 Å². The fourth-order valence-corrected chi connectivity index (χ4v) is 6.97. The SMILES string of the molecule is C[C@]12CC[C@H](OC(=O)OCI)CC1=CC[C@@H]1[C@@H]2CC[C@]2(C)C(=O)CC[C@@H]12. The van der Waals surface area contributed by atoms with Gasteiger partial charge < -0.3 is 9.47 Å². The zero-order valence-electron chi connectivity index (χ0n) is 15.8. The molecule has 0 spiro atoms. The van der Waals surface area contributed by atoms with E-state index < -0.39 is 6.16 Å². The number of halogens is 1. The van der Waals surface area contributed by atoms with Gasteiger partial charge in [-0.25, -0.2) is 4.79 Å². The van der Waals surface area contributed by atoms with Crippen molar-refractivity contribution >= 4 is 34.5 Å². The van der Waals surface area contributed by atoms with Gasteiger partial charge >= 0.3 is 6.16 Å². The lowest BCUT2D eigenvalue weighted by molar-refractivity contribution is -0.132. The molecule has 0 unspecified atom stereocenters. The second kappa shape index (κ2) is 6.78. The molecule has 6 atom stereocenters. The minimum Gasteiger partial charge on any atom is -0.431 e. The van der Waals surface area contributed by atoms with Crippen molar-refractivity contribution in [3.63, 3.8) is 0 Å². The molecule has 0 saturated heterocycles. The van der Waals surface area contributed by atoms with Crippen molar-refractivity contribution in [1.29, 1.82) is 0 Å². The molecular formula is C21H29IO4. The molecule has 0 aromatic rings. The number of hydrogen-bond acceptors (Lipinski definition) is 4. The monoisotopic (exact) mass is 472 g/mol. The maximum atomic E-state index is 12.5. The predicted molar refractivity (Wildman–Crippen MR) is 107 cm³/mol. The Labute approximate surface area is 169 Å². The summed E-state index contributed by atoms with van der Waals surface area (Å²) in [7, 11) is 0. The lowest BCUT2D eigenvalue weighted by atomic mass is 9.48. The van der Waals surface area contributed by atoms with Crippen LogP contribution in [0.1, 0.15) is 65.2 Å². The highest BCUT2D eigenvalue weighted by molar-refractivity contribution is 14.1. The zero-order chi connectivity index (χ0) is 18.5. The highest BCUT2D eigenvalue weighted by atomic mass is 127. The molecule has 0 amide bonds. The van der Waals surface area contributed by atoms with E-state index >= 15 is 0 Å². The molecule has 4 aliphatic rings. The van der Waals surface area contributed by atoms with Crippen molar-refractivity contribution < 1.29 is 19.1 Å². The highest BCUT2D eigenvalue weighted by Crippen LogP contribution is 2.64. The van der Waals surface area contributed by atoms with Gasteiger partial charge in [0.1, 0.15) is 16.5 Å². The van der Waals surface area contributed by atoms with Crippen molar-refractivity contribution in [2.24, 2.45) is 28.6 Å². The first-order valence-electron chi connectivity index (χ1n) is 10.0. The Bertz CT molecular complexity index is 644. The highest BCUT2D eigenvalue weighted by Gasteiger charge is 2.58. The van der Waals surface area contributed by atoms with Gasteiger partial charge in [-0.3, -0.25) is 4.79 Å². The topological polar surface area (TPSA) is 52.6 Å². The van der Waals surface area contributed by atoms with Crippen molar-refractivity contribution in [2.75, 3.05) is 4.61 Å². The van der Waals surface area contributed by atoms with E-state index in [2.05, 4.69) is 19.9 Å². The summed E-state index contributed by atoms with van der Waals surface area (Å²) >= 11 is 2.01. The summed E-state index contributed by atoms with van der Waals surface area (Å²) in [6.45, 7) is 4.66. The van der Waals surface area contributed by atoms with Crippen molar-refractivity contribution in [3.8, 4) is 0 Å². The lowest BCUT2D eigenvalue weighted by Gasteiger charge is -2.56. The number of alkyl halides is 1. The Kier molecular flexibility index (Phi) is 4.89. The van der Waals surface area contributed by atoms with E-state index in [1.807, 2.05) is 22.6 Å². The summed E-state index contributed by atoms with van der Waals surface area (Å²) < 4.78 is 10.8. The Morgan fingerprint density at radius 2 is 1.92 bits per heavy atom. The van der Waals surface area contributed by atoms with E-state index in [-0.39, 0.29) is 16.9 Å². The zero-order valence-corrected chi connectivity index (χ0v) is 17.9. The second-order valence-electron chi connectivity index (χ2n) is 9.16. The van der Waals surface area contributed by atoms with E-state index in [1.165, 1.54) is 12.0 Å². The van der Waals surface area contributed by atoms with Crippen LogP contribution in [0.15, 0.2) is 11.6 Å². The molecule has 26 heavy (non-hydrogen) atoms. The minimum atomic E-state index is -0.541. The molecule has 0 aromatic heterocycles. The third-order valence-electron chi connectivity index (χ3n) is 8.20. The van der Waals surface area contributed by atoms with Gasteiger partial charge in [-0.2, -0.15) is 0 Å². The summed E-state index contributed by atoms with van der Waals surface area (Å²) in [5, 5.41) is 0. The molecule has 0 bridgehead atoms. The van der Waals surface area contributed by atoms with E-state index in [9.17, 15) is 9.59 Å². The number of rotatable bonds is 2. The van der Waals surface area contributed by atoms with Crippen LogP contribution in [0.25, 0.3) is 0 Å². The van der Waals surface area contributed by atoms with Crippen molar-refractivity contribution in [3.05, 3.63) is 11.6 Å². The van der Waals surface area contributed by atoms with Gasteiger partial charge in [-0.1, -0.05) is 25.5 Å². The van der Waals surface area contributed by atoms with Crippen LogP contribution in [0.2, 0.25) is 0 Å². The molecule has 5 heteroatoms. The number of ketones is 1. The van der Waals surface area contributed by atoms with Crippen LogP contribution in [0.4, 0.5) is 4.79 Å².